The normalized spacial score (nSPS) is 37.1. The number of halogens is 1. The van der Waals surface area contributed by atoms with E-state index >= 15 is 0 Å². The van der Waals surface area contributed by atoms with Crippen molar-refractivity contribution in [2.45, 2.75) is 76.1 Å². The third kappa shape index (κ3) is 5.25. The Morgan fingerprint density at radius 3 is 2.43 bits per heavy atom. The fourth-order valence-electron chi connectivity index (χ4n) is 4.73. The summed E-state index contributed by atoms with van der Waals surface area (Å²) in [5.41, 5.74) is 0.553. The number of nitrogens with one attached hydrogen (secondary N) is 1. The van der Waals surface area contributed by atoms with Crippen LogP contribution >= 0.6 is 0 Å². The monoisotopic (exact) mass is 495 g/mol. The predicted molar refractivity (Wildman–Crippen MR) is 118 cm³/mol. The lowest BCUT2D eigenvalue weighted by molar-refractivity contribution is -0.155. The Kier molecular flexibility index (Phi) is 7.55. The fraction of sp³-hybridized carbons (Fsp3) is 0.583. The topological polar surface area (TPSA) is 144 Å². The van der Waals surface area contributed by atoms with Crippen molar-refractivity contribution in [1.82, 2.24) is 5.32 Å². The Hall–Kier alpha value is -2.41. The molecule has 0 bridgehead atoms. The first-order chi connectivity index (χ1) is 16.6. The molecule has 1 aliphatic carbocycles. The number of hydrogen-bond donors (Lipinski definition) is 4. The summed E-state index contributed by atoms with van der Waals surface area (Å²) in [4.78, 5) is 24.3. The number of Topliss-reactive ketones (excluding diaryl/α,β-unsaturated/α-hetero) is 1. The number of ketones is 1. The van der Waals surface area contributed by atoms with Crippen LogP contribution in [-0.2, 0) is 23.8 Å². The summed E-state index contributed by atoms with van der Waals surface area (Å²) < 4.78 is 36.3. The SMILES string of the molecule is CC(=O)C1OC(Oc2ccc(/C=C(\C)C(=O)NC3C(O)C(O)C4OCOC4C3O)cc2F)CC1C. The van der Waals surface area contributed by atoms with Gasteiger partial charge in [-0.25, -0.2) is 4.39 Å². The van der Waals surface area contributed by atoms with Crippen molar-refractivity contribution >= 4 is 17.8 Å². The molecule has 3 fully saturated rings. The first-order valence-corrected chi connectivity index (χ1v) is 11.5. The minimum absolute atomic E-state index is 0.0371. The molecule has 1 saturated carbocycles. The Labute approximate surface area is 201 Å². The van der Waals surface area contributed by atoms with Gasteiger partial charge < -0.3 is 39.6 Å². The maximum atomic E-state index is 14.7. The Morgan fingerprint density at radius 2 is 1.80 bits per heavy atom. The summed E-state index contributed by atoms with van der Waals surface area (Å²) in [6.07, 6.45) is -5.32. The number of carbonyl (C=O) groups excluding carboxylic acids is 2. The van der Waals surface area contributed by atoms with Gasteiger partial charge in [0.2, 0.25) is 12.2 Å². The summed E-state index contributed by atoms with van der Waals surface area (Å²) in [5.74, 6) is -1.47. The van der Waals surface area contributed by atoms with E-state index in [1.54, 1.807) is 6.07 Å². The number of benzene rings is 1. The van der Waals surface area contributed by atoms with E-state index in [0.717, 1.165) is 0 Å². The molecular weight excluding hydrogens is 465 g/mol. The number of hydrogen-bond acceptors (Lipinski definition) is 9. The molecule has 4 rings (SSSR count). The van der Waals surface area contributed by atoms with Crippen LogP contribution in [0.1, 0.15) is 32.8 Å². The Balaban J connectivity index is 1.40. The lowest BCUT2D eigenvalue weighted by Crippen LogP contribution is -2.67. The molecule has 0 spiro atoms. The lowest BCUT2D eigenvalue weighted by atomic mass is 9.83. The van der Waals surface area contributed by atoms with Gasteiger partial charge in [0, 0.05) is 12.0 Å². The number of ether oxygens (including phenoxy) is 4. The zero-order valence-electron chi connectivity index (χ0n) is 19.6. The molecule has 35 heavy (non-hydrogen) atoms. The minimum atomic E-state index is -1.47. The van der Waals surface area contributed by atoms with Gasteiger partial charge in [-0.3, -0.25) is 9.59 Å². The van der Waals surface area contributed by atoms with Crippen molar-refractivity contribution in [3.05, 3.63) is 35.2 Å². The Morgan fingerprint density at radius 1 is 1.11 bits per heavy atom. The molecule has 1 amide bonds. The maximum absolute atomic E-state index is 14.7. The van der Waals surface area contributed by atoms with Crippen LogP contribution in [0.4, 0.5) is 4.39 Å². The van der Waals surface area contributed by atoms with Crippen LogP contribution in [0.25, 0.3) is 6.08 Å². The van der Waals surface area contributed by atoms with Gasteiger partial charge in [0.25, 0.3) is 0 Å². The van der Waals surface area contributed by atoms with Gasteiger partial charge in [-0.05, 0) is 43.5 Å². The van der Waals surface area contributed by atoms with Gasteiger partial charge in [0.15, 0.2) is 17.3 Å². The van der Waals surface area contributed by atoms with E-state index in [9.17, 15) is 29.3 Å². The zero-order chi connectivity index (χ0) is 25.4. The molecule has 192 valence electrons. The predicted octanol–water partition coefficient (Wildman–Crippen LogP) is 0.270. The summed E-state index contributed by atoms with van der Waals surface area (Å²) in [6.45, 7) is 4.66. The third-order valence-electron chi connectivity index (χ3n) is 6.64. The van der Waals surface area contributed by atoms with Gasteiger partial charge in [-0.1, -0.05) is 13.0 Å². The quantitative estimate of drug-likeness (QED) is 0.409. The second kappa shape index (κ2) is 10.3. The molecule has 10 nitrogen and oxygen atoms in total. The van der Waals surface area contributed by atoms with E-state index < -0.39 is 60.7 Å². The number of aliphatic hydroxyl groups excluding tert-OH is 3. The molecule has 1 aromatic rings. The molecule has 2 heterocycles. The van der Waals surface area contributed by atoms with Crippen LogP contribution in [0.2, 0.25) is 0 Å². The van der Waals surface area contributed by atoms with E-state index in [4.69, 9.17) is 18.9 Å². The van der Waals surface area contributed by atoms with Crippen molar-refractivity contribution in [2.24, 2.45) is 5.92 Å². The number of rotatable bonds is 6. The number of carbonyl (C=O) groups is 2. The van der Waals surface area contributed by atoms with E-state index in [1.165, 1.54) is 32.1 Å². The summed E-state index contributed by atoms with van der Waals surface area (Å²) in [7, 11) is 0. The summed E-state index contributed by atoms with van der Waals surface area (Å²) >= 11 is 0. The van der Waals surface area contributed by atoms with Gasteiger partial charge in [0.05, 0.1) is 6.04 Å². The lowest BCUT2D eigenvalue weighted by Gasteiger charge is -2.41. The first-order valence-electron chi connectivity index (χ1n) is 11.5. The molecule has 2 saturated heterocycles. The smallest absolute Gasteiger partial charge is 0.247 e. The molecule has 0 radical (unpaired) electrons. The largest absolute Gasteiger partial charge is 0.462 e. The van der Waals surface area contributed by atoms with Crippen molar-refractivity contribution in [2.75, 3.05) is 6.79 Å². The van der Waals surface area contributed by atoms with E-state index in [0.29, 0.717) is 12.0 Å². The molecular formula is C24H30FNO9. The highest BCUT2D eigenvalue weighted by Crippen LogP contribution is 2.31. The standard InChI is InChI=1S/C24H30FNO9/c1-10-7-16(35-21(10)12(3)27)34-15-5-4-13(8-14(15)25)6-11(2)24(31)26-17-18(28)20(30)23-22(19(17)29)32-9-33-23/h4-6,8,10,16-23,28-30H,7,9H2,1-3H3,(H,26,31)/b11-6+. The molecule has 1 aromatic carbocycles. The number of fused-ring (bicyclic) bond motifs is 1. The van der Waals surface area contributed by atoms with Gasteiger partial charge in [-0.15, -0.1) is 0 Å². The molecule has 9 unspecified atom stereocenters. The third-order valence-corrected chi connectivity index (χ3v) is 6.64. The highest BCUT2D eigenvalue weighted by atomic mass is 19.1. The average molecular weight is 496 g/mol. The van der Waals surface area contributed by atoms with Crippen molar-refractivity contribution in [1.29, 1.82) is 0 Å². The Bertz CT molecular complexity index is 1000. The molecule has 0 aromatic heterocycles. The molecule has 9 atom stereocenters. The van der Waals surface area contributed by atoms with Crippen LogP contribution in [0.3, 0.4) is 0 Å². The van der Waals surface area contributed by atoms with Crippen LogP contribution < -0.4 is 10.1 Å². The second-order valence-electron chi connectivity index (χ2n) is 9.30. The van der Waals surface area contributed by atoms with Crippen molar-refractivity contribution in [3.8, 4) is 5.75 Å². The van der Waals surface area contributed by atoms with Crippen molar-refractivity contribution in [3.63, 3.8) is 0 Å². The van der Waals surface area contributed by atoms with Gasteiger partial charge >= 0.3 is 0 Å². The summed E-state index contributed by atoms with van der Waals surface area (Å²) in [6, 6.07) is 2.96. The molecule has 2 aliphatic heterocycles. The highest BCUT2D eigenvalue weighted by molar-refractivity contribution is 5.97. The summed E-state index contributed by atoms with van der Waals surface area (Å²) in [5, 5.41) is 33.6. The second-order valence-corrected chi connectivity index (χ2v) is 9.30. The van der Waals surface area contributed by atoms with Crippen molar-refractivity contribution < 1.29 is 48.2 Å². The number of amides is 1. The van der Waals surface area contributed by atoms with E-state index in [-0.39, 0.29) is 29.8 Å². The van der Waals surface area contributed by atoms with Crippen LogP contribution in [0.15, 0.2) is 23.8 Å². The van der Waals surface area contributed by atoms with Gasteiger partial charge in [-0.2, -0.15) is 0 Å². The maximum Gasteiger partial charge on any atom is 0.247 e. The fourth-order valence-corrected chi connectivity index (χ4v) is 4.73. The van der Waals surface area contributed by atoms with Crippen LogP contribution in [-0.4, -0.2) is 82.8 Å². The van der Waals surface area contributed by atoms with E-state index in [1.807, 2.05) is 6.92 Å². The molecule has 3 aliphatic rings. The van der Waals surface area contributed by atoms with Crippen LogP contribution in [0.5, 0.6) is 5.75 Å². The van der Waals surface area contributed by atoms with E-state index in [2.05, 4.69) is 5.32 Å². The highest BCUT2D eigenvalue weighted by Gasteiger charge is 2.53. The molecule has 11 heteroatoms. The molecule has 4 N–H and O–H groups in total. The first kappa shape index (κ1) is 25.7. The average Bonchev–Trinajstić information content (AvgIpc) is 3.44. The van der Waals surface area contributed by atoms with Gasteiger partial charge in [0.1, 0.15) is 43.4 Å². The van der Waals surface area contributed by atoms with Crippen LogP contribution in [0, 0.1) is 11.7 Å². The minimum Gasteiger partial charge on any atom is -0.462 e. The number of aliphatic hydroxyl groups is 3. The zero-order valence-corrected chi connectivity index (χ0v) is 19.6.